The van der Waals surface area contributed by atoms with Crippen molar-refractivity contribution in [3.63, 3.8) is 0 Å². The van der Waals surface area contributed by atoms with E-state index in [0.29, 0.717) is 7.11 Å². The Bertz CT molecular complexity index is 573. The highest BCUT2D eigenvalue weighted by atomic mass is 19.4. The van der Waals surface area contributed by atoms with Crippen LogP contribution in [0, 0.1) is 0 Å². The number of rotatable bonds is 2. The Labute approximate surface area is 106 Å². The first kappa shape index (κ1) is 15.9. The van der Waals surface area contributed by atoms with Gasteiger partial charge in [-0.05, 0) is 0 Å². The third-order valence-corrected chi connectivity index (χ3v) is 1.92. The molecule has 1 rings (SSSR count). The SMILES string of the molecule is COC(=O)c1cc(=O)[nH]c(OC(F)(F)F)c1C(F)(F)F. The Morgan fingerprint density at radius 2 is 1.75 bits per heavy atom. The molecule has 0 saturated heterocycles. The Kier molecular flexibility index (Phi) is 4.01. The van der Waals surface area contributed by atoms with Crippen molar-refractivity contribution in [2.45, 2.75) is 12.5 Å². The number of aromatic amines is 1. The molecule has 20 heavy (non-hydrogen) atoms. The van der Waals surface area contributed by atoms with Crippen molar-refractivity contribution < 1.29 is 40.6 Å². The van der Waals surface area contributed by atoms with Crippen LogP contribution < -0.4 is 10.3 Å². The number of alkyl halides is 6. The number of pyridine rings is 1. The molecule has 0 aliphatic carbocycles. The number of carbonyl (C=O) groups is 1. The smallest absolute Gasteiger partial charge is 0.465 e. The molecule has 0 atom stereocenters. The van der Waals surface area contributed by atoms with Crippen molar-refractivity contribution in [1.29, 1.82) is 0 Å². The standard InChI is InChI=1S/C9H5F6NO4/c1-19-7(18)3-2-4(17)16-6(20-9(13,14)15)5(3)8(10,11)12/h2H,1H3,(H,16,17). The Hall–Kier alpha value is -2.20. The van der Waals surface area contributed by atoms with Gasteiger partial charge >= 0.3 is 18.5 Å². The van der Waals surface area contributed by atoms with Crippen molar-refractivity contribution in [2.24, 2.45) is 0 Å². The summed E-state index contributed by atoms with van der Waals surface area (Å²) < 4.78 is 81.4. The van der Waals surface area contributed by atoms with Crippen LogP contribution in [0.15, 0.2) is 10.9 Å². The van der Waals surface area contributed by atoms with E-state index in [4.69, 9.17) is 0 Å². The first-order valence-electron chi connectivity index (χ1n) is 4.64. The van der Waals surface area contributed by atoms with Gasteiger partial charge in [-0.2, -0.15) is 13.2 Å². The van der Waals surface area contributed by atoms with Crippen molar-refractivity contribution in [3.8, 4) is 5.88 Å². The lowest BCUT2D eigenvalue weighted by atomic mass is 10.1. The zero-order valence-electron chi connectivity index (χ0n) is 9.48. The summed E-state index contributed by atoms with van der Waals surface area (Å²) in [5.74, 6) is -3.56. The summed E-state index contributed by atoms with van der Waals surface area (Å²) in [4.78, 5) is 23.4. The number of carbonyl (C=O) groups excluding carboxylic acids is 1. The van der Waals surface area contributed by atoms with Crippen LogP contribution in [0.25, 0.3) is 0 Å². The van der Waals surface area contributed by atoms with E-state index < -0.39 is 41.1 Å². The predicted molar refractivity (Wildman–Crippen MR) is 50.1 cm³/mol. The maximum absolute atomic E-state index is 12.7. The first-order chi connectivity index (χ1) is 8.95. The van der Waals surface area contributed by atoms with Crippen LogP contribution in [0.3, 0.4) is 0 Å². The van der Waals surface area contributed by atoms with Crippen LogP contribution in [-0.4, -0.2) is 24.4 Å². The molecule has 0 saturated carbocycles. The van der Waals surface area contributed by atoms with Gasteiger partial charge in [0, 0.05) is 6.07 Å². The molecule has 0 spiro atoms. The highest BCUT2D eigenvalue weighted by Crippen LogP contribution is 2.38. The summed E-state index contributed by atoms with van der Waals surface area (Å²) in [7, 11) is 0.702. The van der Waals surface area contributed by atoms with E-state index in [1.165, 1.54) is 4.98 Å². The second-order valence-electron chi connectivity index (χ2n) is 3.29. The molecule has 0 aliphatic rings. The van der Waals surface area contributed by atoms with Gasteiger partial charge in [0.15, 0.2) is 0 Å². The van der Waals surface area contributed by atoms with Crippen LogP contribution in [0.4, 0.5) is 26.3 Å². The second kappa shape index (κ2) is 5.06. The molecule has 1 N–H and O–H groups in total. The highest BCUT2D eigenvalue weighted by Gasteiger charge is 2.43. The number of halogens is 6. The summed E-state index contributed by atoms with van der Waals surface area (Å²) in [6, 6.07) is 0.165. The fourth-order valence-corrected chi connectivity index (χ4v) is 1.28. The first-order valence-corrected chi connectivity index (χ1v) is 4.64. The van der Waals surface area contributed by atoms with Crippen LogP contribution in [0.1, 0.15) is 15.9 Å². The summed E-state index contributed by atoms with van der Waals surface area (Å²) in [5.41, 5.74) is -4.86. The van der Waals surface area contributed by atoms with Gasteiger partial charge in [-0.1, -0.05) is 0 Å². The summed E-state index contributed by atoms with van der Waals surface area (Å²) in [5, 5.41) is 0. The van der Waals surface area contributed by atoms with Crippen molar-refractivity contribution in [3.05, 3.63) is 27.5 Å². The third kappa shape index (κ3) is 3.65. The van der Waals surface area contributed by atoms with E-state index in [0.717, 1.165) is 0 Å². The molecule has 0 aromatic carbocycles. The number of H-pyrrole nitrogens is 1. The van der Waals surface area contributed by atoms with Crippen LogP contribution in [-0.2, 0) is 10.9 Å². The largest absolute Gasteiger partial charge is 0.574 e. The number of ether oxygens (including phenoxy) is 2. The van der Waals surface area contributed by atoms with E-state index in [2.05, 4.69) is 9.47 Å². The van der Waals surface area contributed by atoms with Gasteiger partial charge < -0.3 is 9.47 Å². The molecular formula is C9H5F6NO4. The minimum absolute atomic E-state index is 0.165. The van der Waals surface area contributed by atoms with E-state index in [1.54, 1.807) is 0 Å². The quantitative estimate of drug-likeness (QED) is 0.671. The lowest BCUT2D eigenvalue weighted by Crippen LogP contribution is -2.26. The summed E-state index contributed by atoms with van der Waals surface area (Å²) >= 11 is 0. The number of hydrogen-bond acceptors (Lipinski definition) is 4. The number of aromatic nitrogens is 1. The molecular weight excluding hydrogens is 300 g/mol. The maximum Gasteiger partial charge on any atom is 0.574 e. The van der Waals surface area contributed by atoms with Crippen LogP contribution >= 0.6 is 0 Å². The van der Waals surface area contributed by atoms with Gasteiger partial charge in [-0.3, -0.25) is 9.78 Å². The van der Waals surface area contributed by atoms with E-state index in [1.807, 2.05) is 0 Å². The molecule has 0 bridgehead atoms. The Balaban J connectivity index is 3.62. The molecule has 11 heteroatoms. The van der Waals surface area contributed by atoms with Gasteiger partial charge in [-0.15, -0.1) is 13.2 Å². The number of methoxy groups -OCH3 is 1. The lowest BCUT2D eigenvalue weighted by Gasteiger charge is -2.16. The molecule has 0 fully saturated rings. The molecule has 0 aliphatic heterocycles. The third-order valence-electron chi connectivity index (χ3n) is 1.92. The number of esters is 1. The molecule has 0 unspecified atom stereocenters. The predicted octanol–water partition coefficient (Wildman–Crippen LogP) is 2.08. The fraction of sp³-hybridized carbons (Fsp3) is 0.333. The molecule has 0 amide bonds. The fourth-order valence-electron chi connectivity index (χ4n) is 1.28. The maximum atomic E-state index is 12.7. The molecule has 1 aromatic heterocycles. The molecule has 1 heterocycles. The van der Waals surface area contributed by atoms with Crippen molar-refractivity contribution in [1.82, 2.24) is 4.98 Å². The van der Waals surface area contributed by atoms with E-state index in [9.17, 15) is 35.9 Å². The highest BCUT2D eigenvalue weighted by molar-refractivity contribution is 5.91. The Morgan fingerprint density at radius 1 is 1.20 bits per heavy atom. The average molecular weight is 305 g/mol. The monoisotopic (exact) mass is 305 g/mol. The zero-order chi connectivity index (χ0) is 15.7. The lowest BCUT2D eigenvalue weighted by molar-refractivity contribution is -0.278. The number of nitrogens with one attached hydrogen (secondary N) is 1. The van der Waals surface area contributed by atoms with Gasteiger partial charge in [-0.25, -0.2) is 4.79 Å². The van der Waals surface area contributed by atoms with Crippen LogP contribution in [0.2, 0.25) is 0 Å². The van der Waals surface area contributed by atoms with Crippen molar-refractivity contribution in [2.75, 3.05) is 7.11 Å². The van der Waals surface area contributed by atoms with Gasteiger partial charge in [0.2, 0.25) is 5.88 Å². The van der Waals surface area contributed by atoms with Crippen LogP contribution in [0.5, 0.6) is 5.88 Å². The minimum Gasteiger partial charge on any atom is -0.465 e. The zero-order valence-corrected chi connectivity index (χ0v) is 9.48. The topological polar surface area (TPSA) is 68.4 Å². The molecule has 112 valence electrons. The van der Waals surface area contributed by atoms with Gasteiger partial charge in [0.25, 0.3) is 5.56 Å². The normalized spacial score (nSPS) is 12.2. The Morgan fingerprint density at radius 3 is 2.15 bits per heavy atom. The summed E-state index contributed by atoms with van der Waals surface area (Å²) in [6.07, 6.45) is -10.9. The second-order valence-corrected chi connectivity index (χ2v) is 3.29. The van der Waals surface area contributed by atoms with Gasteiger partial charge in [0.1, 0.15) is 5.56 Å². The van der Waals surface area contributed by atoms with Gasteiger partial charge in [0.05, 0.1) is 12.7 Å². The summed E-state index contributed by atoms with van der Waals surface area (Å²) in [6.45, 7) is 0. The van der Waals surface area contributed by atoms with E-state index in [-0.39, 0.29) is 6.07 Å². The minimum atomic E-state index is -5.49. The molecule has 1 aromatic rings. The van der Waals surface area contributed by atoms with E-state index >= 15 is 0 Å². The number of hydrogen-bond donors (Lipinski definition) is 1. The van der Waals surface area contributed by atoms with Crippen molar-refractivity contribution >= 4 is 5.97 Å². The molecule has 5 nitrogen and oxygen atoms in total. The average Bonchev–Trinajstić information content (AvgIpc) is 2.22. The molecule has 0 radical (unpaired) electrons.